The van der Waals surface area contributed by atoms with Gasteiger partial charge in [-0.15, -0.1) is 0 Å². The van der Waals surface area contributed by atoms with Crippen molar-refractivity contribution in [3.63, 3.8) is 0 Å². The molecule has 0 aromatic carbocycles. The Kier molecular flexibility index (Phi) is 7.01. The predicted molar refractivity (Wildman–Crippen MR) is 99.4 cm³/mol. The third-order valence-electron chi connectivity index (χ3n) is 4.02. The van der Waals surface area contributed by atoms with Crippen LogP contribution in [0.4, 0.5) is 5.69 Å². The Morgan fingerprint density at radius 2 is 2.24 bits per heavy atom. The fourth-order valence-electron chi connectivity index (χ4n) is 2.37. The Morgan fingerprint density at radius 1 is 1.44 bits per heavy atom. The molecule has 1 atom stereocenters. The van der Waals surface area contributed by atoms with Crippen LogP contribution in [-0.4, -0.2) is 35.1 Å². The van der Waals surface area contributed by atoms with Crippen LogP contribution in [0, 0.1) is 5.41 Å². The van der Waals surface area contributed by atoms with Crippen molar-refractivity contribution >= 4 is 11.5 Å². The van der Waals surface area contributed by atoms with Gasteiger partial charge in [-0.05, 0) is 31.8 Å². The molecule has 1 unspecified atom stereocenters. The lowest BCUT2D eigenvalue weighted by molar-refractivity contribution is -0.163. The summed E-state index contributed by atoms with van der Waals surface area (Å²) in [5.41, 5.74) is 13.2. The Labute approximate surface area is 150 Å². The molecular formula is C18H31N5O2. The number of amidine groups is 1. The molecule has 0 radical (unpaired) electrons. The SMILES string of the molecule is CC(C)(C)/C(N)=C/C(N)=Nc1cnn(CCCOC2CCCCO2)c1. The molecule has 2 rings (SSSR count). The van der Waals surface area contributed by atoms with Crippen LogP contribution in [0.3, 0.4) is 0 Å². The lowest BCUT2D eigenvalue weighted by Gasteiger charge is -2.22. The molecule has 140 valence electrons. The van der Waals surface area contributed by atoms with Gasteiger partial charge in [0.15, 0.2) is 6.29 Å². The van der Waals surface area contributed by atoms with Gasteiger partial charge in [0.05, 0.1) is 19.0 Å². The average molecular weight is 349 g/mol. The van der Waals surface area contributed by atoms with E-state index in [0.29, 0.717) is 23.8 Å². The number of aryl methyl sites for hydroxylation is 1. The van der Waals surface area contributed by atoms with Crippen molar-refractivity contribution in [3.8, 4) is 0 Å². The van der Waals surface area contributed by atoms with E-state index >= 15 is 0 Å². The molecule has 1 aromatic heterocycles. The molecule has 1 aliphatic heterocycles. The van der Waals surface area contributed by atoms with E-state index in [1.54, 1.807) is 12.3 Å². The Balaban J connectivity index is 1.78. The molecule has 1 saturated heterocycles. The number of rotatable bonds is 7. The van der Waals surface area contributed by atoms with E-state index in [4.69, 9.17) is 20.9 Å². The zero-order valence-electron chi connectivity index (χ0n) is 15.6. The smallest absolute Gasteiger partial charge is 0.157 e. The van der Waals surface area contributed by atoms with Crippen LogP contribution in [0.2, 0.25) is 0 Å². The van der Waals surface area contributed by atoms with Crippen LogP contribution < -0.4 is 11.5 Å². The van der Waals surface area contributed by atoms with E-state index in [0.717, 1.165) is 32.4 Å². The molecule has 0 saturated carbocycles. The monoisotopic (exact) mass is 349 g/mol. The summed E-state index contributed by atoms with van der Waals surface area (Å²) in [6.45, 7) is 8.33. The highest BCUT2D eigenvalue weighted by atomic mass is 16.7. The van der Waals surface area contributed by atoms with Gasteiger partial charge in [0, 0.05) is 24.3 Å². The first-order chi connectivity index (χ1) is 11.8. The van der Waals surface area contributed by atoms with Gasteiger partial charge in [-0.2, -0.15) is 5.10 Å². The van der Waals surface area contributed by atoms with E-state index in [9.17, 15) is 0 Å². The third-order valence-corrected chi connectivity index (χ3v) is 4.02. The lowest BCUT2D eigenvalue weighted by atomic mass is 9.92. The van der Waals surface area contributed by atoms with E-state index in [1.165, 1.54) is 6.42 Å². The van der Waals surface area contributed by atoms with Crippen LogP contribution in [0.15, 0.2) is 29.2 Å². The standard InChI is InChI=1S/C18H31N5O2/c1-18(2,3)15(19)11-16(20)22-14-12-21-23(13-14)8-6-10-25-17-7-4-5-9-24-17/h11-13,17H,4-10,19H2,1-3H3,(H2,20,22)/b15-11-. The zero-order chi connectivity index (χ0) is 18.3. The molecule has 4 N–H and O–H groups in total. The molecule has 7 nitrogen and oxygen atoms in total. The van der Waals surface area contributed by atoms with Gasteiger partial charge in [-0.3, -0.25) is 4.68 Å². The van der Waals surface area contributed by atoms with E-state index in [-0.39, 0.29) is 11.7 Å². The summed E-state index contributed by atoms with van der Waals surface area (Å²) >= 11 is 0. The minimum absolute atomic E-state index is 0.0357. The summed E-state index contributed by atoms with van der Waals surface area (Å²) in [7, 11) is 0. The van der Waals surface area contributed by atoms with Gasteiger partial charge in [0.25, 0.3) is 0 Å². The maximum atomic E-state index is 6.01. The first-order valence-corrected chi connectivity index (χ1v) is 8.92. The van der Waals surface area contributed by atoms with Gasteiger partial charge in [0.2, 0.25) is 0 Å². The first-order valence-electron chi connectivity index (χ1n) is 8.92. The largest absolute Gasteiger partial charge is 0.401 e. The topological polar surface area (TPSA) is 101 Å². The normalized spacial score (nSPS) is 20.0. The molecule has 0 bridgehead atoms. The van der Waals surface area contributed by atoms with Crippen LogP contribution in [0.1, 0.15) is 46.5 Å². The van der Waals surface area contributed by atoms with Crippen LogP contribution in [0.25, 0.3) is 0 Å². The molecule has 7 heteroatoms. The molecule has 1 aliphatic rings. The van der Waals surface area contributed by atoms with Gasteiger partial charge >= 0.3 is 0 Å². The summed E-state index contributed by atoms with van der Waals surface area (Å²) in [5.74, 6) is 0.379. The van der Waals surface area contributed by atoms with E-state index in [1.807, 2.05) is 31.6 Å². The summed E-state index contributed by atoms with van der Waals surface area (Å²) in [6, 6.07) is 0. The highest BCUT2D eigenvalue weighted by Crippen LogP contribution is 2.20. The number of hydrogen-bond donors (Lipinski definition) is 2. The summed E-state index contributed by atoms with van der Waals surface area (Å²) in [5, 5.41) is 4.30. The molecule has 0 aliphatic carbocycles. The second-order valence-corrected chi connectivity index (χ2v) is 7.37. The second kappa shape index (κ2) is 9.01. The van der Waals surface area contributed by atoms with Crippen LogP contribution >= 0.6 is 0 Å². The zero-order valence-corrected chi connectivity index (χ0v) is 15.6. The first kappa shape index (κ1) is 19.5. The lowest BCUT2D eigenvalue weighted by Crippen LogP contribution is -2.23. The predicted octanol–water partition coefficient (Wildman–Crippen LogP) is 2.69. The molecular weight excluding hydrogens is 318 g/mol. The van der Waals surface area contributed by atoms with Crippen molar-refractivity contribution in [1.82, 2.24) is 9.78 Å². The van der Waals surface area contributed by atoms with Gasteiger partial charge in [0.1, 0.15) is 11.5 Å². The Morgan fingerprint density at radius 3 is 2.92 bits per heavy atom. The number of hydrogen-bond acceptors (Lipinski definition) is 5. The van der Waals surface area contributed by atoms with Gasteiger partial charge < -0.3 is 20.9 Å². The maximum Gasteiger partial charge on any atom is 0.157 e. The number of nitrogens with zero attached hydrogens (tertiary/aromatic N) is 3. The highest BCUT2D eigenvalue weighted by Gasteiger charge is 2.14. The van der Waals surface area contributed by atoms with E-state index < -0.39 is 0 Å². The van der Waals surface area contributed by atoms with Crippen molar-refractivity contribution in [2.45, 2.75) is 59.3 Å². The number of ether oxygens (including phenoxy) is 2. The van der Waals surface area contributed by atoms with Crippen LogP contribution in [0.5, 0.6) is 0 Å². The van der Waals surface area contributed by atoms with Crippen molar-refractivity contribution in [1.29, 1.82) is 0 Å². The van der Waals surface area contributed by atoms with E-state index in [2.05, 4.69) is 10.1 Å². The molecule has 1 aromatic rings. The van der Waals surface area contributed by atoms with Gasteiger partial charge in [-0.25, -0.2) is 4.99 Å². The van der Waals surface area contributed by atoms with Crippen molar-refractivity contribution in [2.75, 3.05) is 13.2 Å². The quantitative estimate of drug-likeness (QED) is 0.448. The minimum Gasteiger partial charge on any atom is -0.401 e. The molecule has 0 spiro atoms. The van der Waals surface area contributed by atoms with Crippen molar-refractivity contribution in [3.05, 3.63) is 24.2 Å². The van der Waals surface area contributed by atoms with Crippen molar-refractivity contribution < 1.29 is 9.47 Å². The fourth-order valence-corrected chi connectivity index (χ4v) is 2.37. The number of aliphatic imine (C=N–C) groups is 1. The molecule has 2 heterocycles. The number of aromatic nitrogens is 2. The fraction of sp³-hybridized carbons (Fsp3) is 0.667. The summed E-state index contributed by atoms with van der Waals surface area (Å²) < 4.78 is 13.1. The highest BCUT2D eigenvalue weighted by molar-refractivity contribution is 5.93. The average Bonchev–Trinajstić information content (AvgIpc) is 2.99. The molecule has 0 amide bonds. The number of nitrogens with two attached hydrogens (primary N) is 2. The van der Waals surface area contributed by atoms with Crippen LogP contribution in [-0.2, 0) is 16.0 Å². The summed E-state index contributed by atoms with van der Waals surface area (Å²) in [4.78, 5) is 4.34. The Bertz CT molecular complexity index is 595. The minimum atomic E-state index is -0.133. The maximum absolute atomic E-state index is 6.01. The molecule has 25 heavy (non-hydrogen) atoms. The summed E-state index contributed by atoms with van der Waals surface area (Å²) in [6.07, 6.45) is 9.41. The Hall–Kier alpha value is -1.86. The molecule has 1 fully saturated rings. The third kappa shape index (κ3) is 6.88. The second-order valence-electron chi connectivity index (χ2n) is 7.37. The van der Waals surface area contributed by atoms with Crippen molar-refractivity contribution in [2.24, 2.45) is 21.9 Å². The van der Waals surface area contributed by atoms with Gasteiger partial charge in [-0.1, -0.05) is 20.8 Å². The number of allylic oxidation sites excluding steroid dienone is 1.